The van der Waals surface area contributed by atoms with Gasteiger partial charge in [-0.05, 0) is 36.4 Å². The number of benzene rings is 2. The third kappa shape index (κ3) is 4.74. The molecule has 0 atom stereocenters. The largest absolute Gasteiger partial charge is 0.368 e. The SMILES string of the molecule is O=C(NCC(=O)N1CCN(c2cccc(Cl)c2)CC1)c1ccc(F)c(F)c1. The molecule has 0 aromatic heterocycles. The van der Waals surface area contributed by atoms with Gasteiger partial charge in [0.05, 0.1) is 6.54 Å². The summed E-state index contributed by atoms with van der Waals surface area (Å²) in [6.07, 6.45) is 0. The fraction of sp³-hybridized carbons (Fsp3) is 0.263. The van der Waals surface area contributed by atoms with Crippen molar-refractivity contribution in [1.82, 2.24) is 10.2 Å². The minimum absolute atomic E-state index is 0.0347. The summed E-state index contributed by atoms with van der Waals surface area (Å²) in [6, 6.07) is 10.4. The van der Waals surface area contributed by atoms with E-state index in [0.717, 1.165) is 17.8 Å². The van der Waals surface area contributed by atoms with Crippen LogP contribution in [0.25, 0.3) is 0 Å². The summed E-state index contributed by atoms with van der Waals surface area (Å²) in [5, 5.41) is 3.10. The number of nitrogens with one attached hydrogen (secondary N) is 1. The molecule has 0 saturated carbocycles. The highest BCUT2D eigenvalue weighted by molar-refractivity contribution is 6.30. The van der Waals surface area contributed by atoms with Crippen molar-refractivity contribution in [2.24, 2.45) is 0 Å². The second kappa shape index (κ2) is 8.35. The Morgan fingerprint density at radius 2 is 1.74 bits per heavy atom. The topological polar surface area (TPSA) is 52.7 Å². The number of hydrogen-bond acceptors (Lipinski definition) is 3. The van der Waals surface area contributed by atoms with Crippen molar-refractivity contribution in [1.29, 1.82) is 0 Å². The molecule has 27 heavy (non-hydrogen) atoms. The van der Waals surface area contributed by atoms with Gasteiger partial charge < -0.3 is 15.1 Å². The van der Waals surface area contributed by atoms with Gasteiger partial charge in [0.1, 0.15) is 0 Å². The number of carbonyl (C=O) groups excluding carboxylic acids is 2. The fourth-order valence-corrected chi connectivity index (χ4v) is 3.08. The molecule has 2 aromatic carbocycles. The van der Waals surface area contributed by atoms with E-state index >= 15 is 0 Å². The van der Waals surface area contributed by atoms with Crippen molar-refractivity contribution in [3.63, 3.8) is 0 Å². The van der Waals surface area contributed by atoms with Crippen LogP contribution in [0.3, 0.4) is 0 Å². The average Bonchev–Trinajstić information content (AvgIpc) is 2.68. The van der Waals surface area contributed by atoms with Gasteiger partial charge in [0, 0.05) is 42.5 Å². The zero-order chi connectivity index (χ0) is 19.4. The minimum Gasteiger partial charge on any atom is -0.368 e. The van der Waals surface area contributed by atoms with Crippen LogP contribution in [-0.2, 0) is 4.79 Å². The van der Waals surface area contributed by atoms with E-state index < -0.39 is 17.5 Å². The molecular formula is C19H18ClF2N3O2. The van der Waals surface area contributed by atoms with E-state index in [4.69, 9.17) is 11.6 Å². The van der Waals surface area contributed by atoms with Crippen molar-refractivity contribution in [2.45, 2.75) is 0 Å². The number of amides is 2. The molecule has 3 rings (SSSR count). The first-order valence-electron chi connectivity index (χ1n) is 8.45. The van der Waals surface area contributed by atoms with E-state index in [2.05, 4.69) is 10.2 Å². The minimum atomic E-state index is -1.11. The summed E-state index contributed by atoms with van der Waals surface area (Å²) >= 11 is 6.01. The maximum absolute atomic E-state index is 13.2. The molecule has 0 spiro atoms. The van der Waals surface area contributed by atoms with Gasteiger partial charge in [-0.15, -0.1) is 0 Å². The third-order valence-corrected chi connectivity index (χ3v) is 4.62. The predicted octanol–water partition coefficient (Wildman–Crippen LogP) is 2.70. The van der Waals surface area contributed by atoms with Crippen LogP contribution in [0.5, 0.6) is 0 Å². The van der Waals surface area contributed by atoms with Crippen LogP contribution in [-0.4, -0.2) is 49.4 Å². The molecule has 2 amide bonds. The molecule has 142 valence electrons. The Balaban J connectivity index is 1.49. The van der Waals surface area contributed by atoms with E-state index in [-0.39, 0.29) is 18.0 Å². The van der Waals surface area contributed by atoms with E-state index in [1.807, 2.05) is 18.2 Å². The Morgan fingerprint density at radius 3 is 2.41 bits per heavy atom. The molecule has 8 heteroatoms. The molecule has 0 bridgehead atoms. The summed E-state index contributed by atoms with van der Waals surface area (Å²) in [5.74, 6) is -2.98. The molecule has 0 radical (unpaired) electrons. The molecule has 1 aliphatic rings. The zero-order valence-corrected chi connectivity index (χ0v) is 15.2. The van der Waals surface area contributed by atoms with Crippen LogP contribution < -0.4 is 10.2 Å². The highest BCUT2D eigenvalue weighted by atomic mass is 35.5. The zero-order valence-electron chi connectivity index (χ0n) is 14.4. The predicted molar refractivity (Wildman–Crippen MR) is 98.9 cm³/mol. The standard InChI is InChI=1S/C19H18ClF2N3O2/c20-14-2-1-3-15(11-14)24-6-8-25(9-7-24)18(26)12-23-19(27)13-4-5-16(21)17(22)10-13/h1-5,10-11H,6-9,12H2,(H,23,27). The normalized spacial score (nSPS) is 14.2. The van der Waals surface area contributed by atoms with Gasteiger partial charge in [0.25, 0.3) is 5.91 Å². The second-order valence-electron chi connectivity index (χ2n) is 6.16. The Labute approximate surface area is 160 Å². The molecule has 0 aliphatic carbocycles. The van der Waals surface area contributed by atoms with E-state index in [1.54, 1.807) is 11.0 Å². The summed E-state index contributed by atoms with van der Waals surface area (Å²) in [7, 11) is 0. The van der Waals surface area contributed by atoms with Crippen LogP contribution in [0, 0.1) is 11.6 Å². The van der Waals surface area contributed by atoms with Gasteiger partial charge in [0.2, 0.25) is 5.91 Å². The monoisotopic (exact) mass is 393 g/mol. The fourth-order valence-electron chi connectivity index (χ4n) is 2.89. The van der Waals surface area contributed by atoms with Crippen LogP contribution in [0.4, 0.5) is 14.5 Å². The van der Waals surface area contributed by atoms with Crippen LogP contribution in [0.2, 0.25) is 5.02 Å². The smallest absolute Gasteiger partial charge is 0.251 e. The first-order valence-corrected chi connectivity index (χ1v) is 8.83. The number of hydrogen-bond donors (Lipinski definition) is 1. The van der Waals surface area contributed by atoms with Gasteiger partial charge in [0.15, 0.2) is 11.6 Å². The van der Waals surface area contributed by atoms with Crippen molar-refractivity contribution in [2.75, 3.05) is 37.6 Å². The Morgan fingerprint density at radius 1 is 1.00 bits per heavy atom. The number of halogens is 3. The highest BCUT2D eigenvalue weighted by Crippen LogP contribution is 2.20. The van der Waals surface area contributed by atoms with Crippen LogP contribution in [0.1, 0.15) is 10.4 Å². The quantitative estimate of drug-likeness (QED) is 0.869. The number of carbonyl (C=O) groups is 2. The molecule has 1 aliphatic heterocycles. The number of anilines is 1. The highest BCUT2D eigenvalue weighted by Gasteiger charge is 2.22. The summed E-state index contributed by atoms with van der Waals surface area (Å²) < 4.78 is 26.1. The number of rotatable bonds is 4. The van der Waals surface area contributed by atoms with Gasteiger partial charge in [-0.2, -0.15) is 0 Å². The lowest BCUT2D eigenvalue weighted by Gasteiger charge is -2.36. The van der Waals surface area contributed by atoms with Gasteiger partial charge in [-0.25, -0.2) is 8.78 Å². The lowest BCUT2D eigenvalue weighted by Crippen LogP contribution is -2.51. The Hall–Kier alpha value is -2.67. The van der Waals surface area contributed by atoms with Gasteiger partial charge in [-0.3, -0.25) is 9.59 Å². The lowest BCUT2D eigenvalue weighted by molar-refractivity contribution is -0.130. The van der Waals surface area contributed by atoms with Crippen molar-refractivity contribution < 1.29 is 18.4 Å². The Bertz CT molecular complexity index is 855. The average molecular weight is 394 g/mol. The van der Waals surface area contributed by atoms with Gasteiger partial charge in [-0.1, -0.05) is 17.7 Å². The van der Waals surface area contributed by atoms with Crippen LogP contribution in [0.15, 0.2) is 42.5 Å². The molecule has 1 N–H and O–H groups in total. The van der Waals surface area contributed by atoms with E-state index in [0.29, 0.717) is 31.2 Å². The van der Waals surface area contributed by atoms with E-state index in [1.165, 1.54) is 6.07 Å². The summed E-state index contributed by atoms with van der Waals surface area (Å²) in [4.78, 5) is 28.1. The molecule has 5 nitrogen and oxygen atoms in total. The second-order valence-corrected chi connectivity index (χ2v) is 6.60. The molecule has 2 aromatic rings. The first kappa shape index (κ1) is 19.1. The molecule has 1 fully saturated rings. The lowest BCUT2D eigenvalue weighted by atomic mass is 10.2. The van der Waals surface area contributed by atoms with Gasteiger partial charge >= 0.3 is 0 Å². The Kier molecular flexibility index (Phi) is 5.91. The maximum Gasteiger partial charge on any atom is 0.251 e. The van der Waals surface area contributed by atoms with Crippen molar-refractivity contribution >= 4 is 29.1 Å². The molecule has 1 heterocycles. The number of nitrogens with zero attached hydrogens (tertiary/aromatic N) is 2. The first-order chi connectivity index (χ1) is 12.9. The third-order valence-electron chi connectivity index (χ3n) is 4.39. The molecule has 0 unspecified atom stereocenters. The van der Waals surface area contributed by atoms with E-state index in [9.17, 15) is 18.4 Å². The maximum atomic E-state index is 13.2. The van der Waals surface area contributed by atoms with Crippen LogP contribution >= 0.6 is 11.6 Å². The van der Waals surface area contributed by atoms with Crippen molar-refractivity contribution in [3.05, 3.63) is 64.7 Å². The molecular weight excluding hydrogens is 376 g/mol. The van der Waals surface area contributed by atoms with Crippen molar-refractivity contribution in [3.8, 4) is 0 Å². The summed E-state index contributed by atoms with van der Waals surface area (Å²) in [6.45, 7) is 2.15. The summed E-state index contributed by atoms with van der Waals surface area (Å²) in [5.41, 5.74) is 0.966. The molecule has 1 saturated heterocycles. The number of piperazine rings is 1.